The van der Waals surface area contributed by atoms with Crippen molar-refractivity contribution < 1.29 is 24.3 Å². The fraction of sp³-hybridized carbons (Fsp3) is 0.960. The maximum Gasteiger partial charge on any atom is 0.306 e. The predicted molar refractivity (Wildman–Crippen MR) is 249 cm³/mol. The van der Waals surface area contributed by atoms with Crippen LogP contribution in [0.3, 0.4) is 0 Å². The molecule has 0 aromatic rings. The Morgan fingerprint density at radius 1 is 0.500 bits per heavy atom. The van der Waals surface area contributed by atoms with Gasteiger partial charge in [0, 0.05) is 20.0 Å². The van der Waals surface area contributed by atoms with Gasteiger partial charge in [-0.05, 0) is 90.3 Å². The summed E-state index contributed by atoms with van der Waals surface area (Å²) in [5.41, 5.74) is 2.95. The number of hydrogen-bond acceptors (Lipinski definition) is 8. The third-order valence-electron chi connectivity index (χ3n) is 11.5. The highest BCUT2D eigenvalue weighted by Crippen LogP contribution is 2.18. The number of hydrazine groups is 1. The first-order chi connectivity index (χ1) is 28.4. The van der Waals surface area contributed by atoms with Crippen LogP contribution < -0.4 is 5.43 Å². The summed E-state index contributed by atoms with van der Waals surface area (Å²) in [7, 11) is 1.62. The highest BCUT2D eigenvalue weighted by atomic mass is 16.5. The van der Waals surface area contributed by atoms with Crippen LogP contribution in [-0.4, -0.2) is 73.2 Å². The van der Waals surface area contributed by atoms with Crippen LogP contribution in [0.4, 0.5) is 0 Å². The molecule has 0 aliphatic carbocycles. The van der Waals surface area contributed by atoms with Gasteiger partial charge in [-0.1, -0.05) is 189 Å². The maximum absolute atomic E-state index is 12.4. The smallest absolute Gasteiger partial charge is 0.306 e. The first kappa shape index (κ1) is 58.9. The van der Waals surface area contributed by atoms with Gasteiger partial charge in [0.2, 0.25) is 0 Å². The topological polar surface area (TPSA) is 91.3 Å². The van der Waals surface area contributed by atoms with Crippen molar-refractivity contribution in [1.82, 2.24) is 15.5 Å². The molecule has 348 valence electrons. The molecule has 0 spiro atoms. The maximum atomic E-state index is 12.4. The molecule has 0 aromatic carbocycles. The minimum Gasteiger partial charge on any atom is -0.465 e. The molecule has 0 bridgehead atoms. The molecular formula is C50H103N3O5. The lowest BCUT2D eigenvalue weighted by atomic mass is 10.0. The molecule has 0 saturated carbocycles. The van der Waals surface area contributed by atoms with E-state index in [1.807, 2.05) is 0 Å². The largest absolute Gasteiger partial charge is 0.465 e. The Morgan fingerprint density at radius 2 is 0.879 bits per heavy atom. The van der Waals surface area contributed by atoms with Crippen LogP contribution in [0.2, 0.25) is 0 Å². The molecule has 8 heteroatoms. The molecule has 0 rings (SSSR count). The standard InChI is InChI=1S/C32H67N3O3.C18H36O2/c1-5-8-10-12-15-19-25-31(24-7-3)38-32(36)26-20-16-14-18-22-29-35(30-23-27-33-34(4)37)28-21-17-13-11-9-6-2;1-3-5-7-9-11-13-15-18(20-17-19)16-14-12-10-8-6-4-2/h31,33,37H,5-30H2,1-4H3;17-18H,3-16H2,1-2H3. The molecule has 0 aliphatic rings. The molecule has 0 saturated heterocycles. The molecule has 1 unspecified atom stereocenters. The average molecular weight is 826 g/mol. The summed E-state index contributed by atoms with van der Waals surface area (Å²) in [4.78, 5) is 25.5. The number of carbonyl (C=O) groups is 2. The van der Waals surface area contributed by atoms with Gasteiger partial charge in [-0.25, -0.2) is 5.43 Å². The van der Waals surface area contributed by atoms with Crippen LogP contribution >= 0.6 is 0 Å². The van der Waals surface area contributed by atoms with Gasteiger partial charge in [-0.15, -0.1) is 5.17 Å². The van der Waals surface area contributed by atoms with Crippen molar-refractivity contribution in [2.75, 3.05) is 33.2 Å². The van der Waals surface area contributed by atoms with Crippen molar-refractivity contribution in [3.8, 4) is 0 Å². The van der Waals surface area contributed by atoms with Gasteiger partial charge in [0.05, 0.1) is 0 Å². The number of rotatable bonds is 46. The summed E-state index contributed by atoms with van der Waals surface area (Å²) >= 11 is 0. The second kappa shape index (κ2) is 50.1. The van der Waals surface area contributed by atoms with Gasteiger partial charge in [-0.3, -0.25) is 14.8 Å². The van der Waals surface area contributed by atoms with E-state index in [1.165, 1.54) is 180 Å². The quantitative estimate of drug-likeness (QED) is 0.0271. The van der Waals surface area contributed by atoms with E-state index >= 15 is 0 Å². The number of nitrogens with one attached hydrogen (secondary N) is 1. The summed E-state index contributed by atoms with van der Waals surface area (Å²) in [5, 5.41) is 10.3. The zero-order chi connectivity index (χ0) is 43.0. The van der Waals surface area contributed by atoms with Crippen LogP contribution in [0.1, 0.15) is 266 Å². The lowest BCUT2D eigenvalue weighted by Crippen LogP contribution is -2.34. The average Bonchev–Trinajstić information content (AvgIpc) is 3.21. The van der Waals surface area contributed by atoms with Gasteiger partial charge in [-0.2, -0.15) is 0 Å². The Hall–Kier alpha value is -1.22. The highest BCUT2D eigenvalue weighted by Gasteiger charge is 2.14. The molecule has 8 nitrogen and oxygen atoms in total. The summed E-state index contributed by atoms with van der Waals surface area (Å²) in [6.45, 7) is 16.1. The SMILES string of the molecule is CCCCCCCCC(CCC)OC(=O)CCCCCCCN(CCCCCCCC)CCCNN(C)O.CCCCCCCCC(CCCCCCCC)OC=O. The van der Waals surface area contributed by atoms with E-state index in [0.717, 1.165) is 76.2 Å². The summed E-state index contributed by atoms with van der Waals surface area (Å²) in [6, 6.07) is 0. The van der Waals surface area contributed by atoms with Crippen LogP contribution in [0.25, 0.3) is 0 Å². The molecule has 58 heavy (non-hydrogen) atoms. The van der Waals surface area contributed by atoms with E-state index in [2.05, 4.69) is 44.9 Å². The third-order valence-corrected chi connectivity index (χ3v) is 11.5. The van der Waals surface area contributed by atoms with E-state index in [0.29, 0.717) is 12.9 Å². The van der Waals surface area contributed by atoms with Gasteiger partial charge in [0.25, 0.3) is 6.47 Å². The fourth-order valence-corrected chi connectivity index (χ4v) is 7.77. The zero-order valence-electron chi connectivity index (χ0n) is 40.0. The van der Waals surface area contributed by atoms with Crippen molar-refractivity contribution in [3.05, 3.63) is 0 Å². The van der Waals surface area contributed by atoms with E-state index in [1.54, 1.807) is 7.05 Å². The van der Waals surface area contributed by atoms with Crippen molar-refractivity contribution in [2.45, 2.75) is 278 Å². The Kier molecular flexibility index (Phi) is 50.9. The molecule has 2 N–H and O–H groups in total. The van der Waals surface area contributed by atoms with Gasteiger partial charge < -0.3 is 14.4 Å². The molecule has 0 aromatic heterocycles. The Morgan fingerprint density at radius 3 is 1.29 bits per heavy atom. The van der Waals surface area contributed by atoms with Crippen LogP contribution in [0, 0.1) is 0 Å². The van der Waals surface area contributed by atoms with Crippen LogP contribution in [-0.2, 0) is 19.1 Å². The Balaban J connectivity index is 0. The normalized spacial score (nSPS) is 12.0. The number of carbonyl (C=O) groups excluding carboxylic acids is 2. The van der Waals surface area contributed by atoms with Gasteiger partial charge in [0.1, 0.15) is 12.2 Å². The van der Waals surface area contributed by atoms with E-state index in [-0.39, 0.29) is 18.2 Å². The number of esters is 1. The van der Waals surface area contributed by atoms with Crippen molar-refractivity contribution in [2.24, 2.45) is 0 Å². The first-order valence-corrected chi connectivity index (χ1v) is 25.5. The second-order valence-electron chi connectivity index (χ2n) is 17.3. The summed E-state index contributed by atoms with van der Waals surface area (Å²) in [6.07, 6.45) is 44.3. The summed E-state index contributed by atoms with van der Waals surface area (Å²) < 4.78 is 11.1. The Bertz CT molecular complexity index is 785. The number of nitrogens with zero attached hydrogens (tertiary/aromatic N) is 2. The fourth-order valence-electron chi connectivity index (χ4n) is 7.77. The number of hydrogen-bond donors (Lipinski definition) is 2. The molecule has 1 atom stereocenters. The van der Waals surface area contributed by atoms with Gasteiger partial charge >= 0.3 is 5.97 Å². The van der Waals surface area contributed by atoms with Crippen molar-refractivity contribution in [1.29, 1.82) is 0 Å². The number of unbranched alkanes of at least 4 members (excludes halogenated alkanes) is 24. The highest BCUT2D eigenvalue weighted by molar-refractivity contribution is 5.69. The minimum atomic E-state index is 0.0154. The summed E-state index contributed by atoms with van der Waals surface area (Å²) in [5.74, 6) is 0.0154. The molecule has 0 fully saturated rings. The van der Waals surface area contributed by atoms with Crippen molar-refractivity contribution in [3.63, 3.8) is 0 Å². The second-order valence-corrected chi connectivity index (χ2v) is 17.3. The van der Waals surface area contributed by atoms with Crippen LogP contribution in [0.15, 0.2) is 0 Å². The number of ether oxygens (including phenoxy) is 2. The monoisotopic (exact) mass is 826 g/mol. The molecule has 0 heterocycles. The number of hydroxylamine groups is 1. The van der Waals surface area contributed by atoms with E-state index in [4.69, 9.17) is 9.47 Å². The molecule has 0 amide bonds. The van der Waals surface area contributed by atoms with Crippen molar-refractivity contribution >= 4 is 12.4 Å². The minimum absolute atomic E-state index is 0.0154. The van der Waals surface area contributed by atoms with E-state index in [9.17, 15) is 14.8 Å². The molecule has 0 aliphatic heterocycles. The van der Waals surface area contributed by atoms with Crippen LogP contribution in [0.5, 0.6) is 0 Å². The lowest BCUT2D eigenvalue weighted by Gasteiger charge is -2.23. The van der Waals surface area contributed by atoms with Gasteiger partial charge in [0.15, 0.2) is 0 Å². The zero-order valence-corrected chi connectivity index (χ0v) is 40.0. The predicted octanol–water partition coefficient (Wildman–Crippen LogP) is 14.7. The molecule has 0 radical (unpaired) electrons. The molecular weight excluding hydrogens is 723 g/mol. The third kappa shape index (κ3) is 47.5. The first-order valence-electron chi connectivity index (χ1n) is 25.5. The lowest BCUT2D eigenvalue weighted by molar-refractivity contribution is -0.150. The Labute approximate surface area is 362 Å². The van der Waals surface area contributed by atoms with E-state index < -0.39 is 0 Å².